The van der Waals surface area contributed by atoms with Crippen LogP contribution in [-0.4, -0.2) is 32.0 Å². The summed E-state index contributed by atoms with van der Waals surface area (Å²) in [6.07, 6.45) is 1.60. The number of nitrogens with one attached hydrogen (secondary N) is 2. The Bertz CT molecular complexity index is 993. The van der Waals surface area contributed by atoms with Crippen LogP contribution in [0, 0.1) is 13.8 Å². The van der Waals surface area contributed by atoms with Crippen LogP contribution in [0.4, 0.5) is 0 Å². The SMILES string of the molecule is CCn1c(CCNC(=O)CCc2c(C)nc(=O)[nH]c2C)nc2ccccc21. The Kier molecular flexibility index (Phi) is 5.69. The molecule has 1 aromatic carbocycles. The van der Waals surface area contributed by atoms with Gasteiger partial charge in [0.2, 0.25) is 5.91 Å². The summed E-state index contributed by atoms with van der Waals surface area (Å²) in [5, 5.41) is 2.96. The zero-order valence-electron chi connectivity index (χ0n) is 16.0. The van der Waals surface area contributed by atoms with Gasteiger partial charge in [0.1, 0.15) is 5.82 Å². The number of imidazole rings is 1. The number of aromatic amines is 1. The number of rotatable bonds is 7. The number of carbonyl (C=O) groups excluding carboxylic acids is 1. The fraction of sp³-hybridized carbons (Fsp3) is 0.400. The van der Waals surface area contributed by atoms with E-state index in [0.717, 1.165) is 34.7 Å². The lowest BCUT2D eigenvalue weighted by Crippen LogP contribution is -2.27. The number of hydrogen-bond acceptors (Lipinski definition) is 4. The number of fused-ring (bicyclic) bond motifs is 1. The normalized spacial score (nSPS) is 11.1. The molecule has 2 heterocycles. The summed E-state index contributed by atoms with van der Waals surface area (Å²) in [5.74, 6) is 0.967. The molecule has 0 unspecified atom stereocenters. The van der Waals surface area contributed by atoms with Gasteiger partial charge in [-0.1, -0.05) is 12.1 Å². The number of aryl methyl sites for hydroxylation is 3. The van der Waals surface area contributed by atoms with Crippen molar-refractivity contribution in [1.29, 1.82) is 0 Å². The smallest absolute Gasteiger partial charge is 0.345 e. The summed E-state index contributed by atoms with van der Waals surface area (Å²) in [6.45, 7) is 7.12. The number of nitrogens with zero attached hydrogens (tertiary/aromatic N) is 3. The molecule has 0 spiro atoms. The van der Waals surface area contributed by atoms with Gasteiger partial charge in [0.05, 0.1) is 11.0 Å². The molecule has 142 valence electrons. The predicted octanol–water partition coefficient (Wildman–Crippen LogP) is 2.05. The molecule has 0 saturated carbocycles. The Balaban J connectivity index is 1.55. The molecule has 3 aromatic rings. The fourth-order valence-corrected chi connectivity index (χ4v) is 3.43. The summed E-state index contributed by atoms with van der Waals surface area (Å²) >= 11 is 0. The molecular formula is C20H25N5O2. The Labute approximate surface area is 157 Å². The monoisotopic (exact) mass is 367 g/mol. The third-order valence-electron chi connectivity index (χ3n) is 4.78. The lowest BCUT2D eigenvalue weighted by atomic mass is 10.1. The summed E-state index contributed by atoms with van der Waals surface area (Å²) in [7, 11) is 0. The molecule has 7 nitrogen and oxygen atoms in total. The molecule has 2 aromatic heterocycles. The molecule has 0 saturated heterocycles. The lowest BCUT2D eigenvalue weighted by molar-refractivity contribution is -0.121. The molecule has 0 aliphatic heterocycles. The number of carbonyl (C=O) groups is 1. The quantitative estimate of drug-likeness (QED) is 0.668. The second-order valence-electron chi connectivity index (χ2n) is 6.59. The van der Waals surface area contributed by atoms with Crippen LogP contribution in [0.25, 0.3) is 11.0 Å². The van der Waals surface area contributed by atoms with Gasteiger partial charge in [0.15, 0.2) is 0 Å². The summed E-state index contributed by atoms with van der Waals surface area (Å²) < 4.78 is 2.18. The maximum Gasteiger partial charge on any atom is 0.345 e. The largest absolute Gasteiger partial charge is 0.356 e. The van der Waals surface area contributed by atoms with E-state index in [1.165, 1.54) is 0 Å². The van der Waals surface area contributed by atoms with Crippen LogP contribution in [0.1, 0.15) is 36.1 Å². The molecular weight excluding hydrogens is 342 g/mol. The molecule has 27 heavy (non-hydrogen) atoms. The molecule has 0 aliphatic carbocycles. The summed E-state index contributed by atoms with van der Waals surface area (Å²) in [6, 6.07) is 8.07. The van der Waals surface area contributed by atoms with Crippen LogP contribution in [0.2, 0.25) is 0 Å². The molecule has 0 bridgehead atoms. The zero-order chi connectivity index (χ0) is 19.4. The van der Waals surface area contributed by atoms with Crippen LogP contribution in [0.3, 0.4) is 0 Å². The standard InChI is InChI=1S/C20H25N5O2/c1-4-25-17-8-6-5-7-16(17)24-18(25)11-12-21-19(26)10-9-15-13(2)22-20(27)23-14(15)3/h5-8H,4,9-12H2,1-3H3,(H,21,26)(H,22,23,27). The van der Waals surface area contributed by atoms with E-state index in [2.05, 4.69) is 37.8 Å². The van der Waals surface area contributed by atoms with E-state index in [-0.39, 0.29) is 11.6 Å². The number of para-hydroxylation sites is 2. The van der Waals surface area contributed by atoms with Crippen LogP contribution < -0.4 is 11.0 Å². The molecule has 0 fully saturated rings. The van der Waals surface area contributed by atoms with Crippen molar-refractivity contribution in [3.63, 3.8) is 0 Å². The maximum absolute atomic E-state index is 12.2. The summed E-state index contributed by atoms with van der Waals surface area (Å²) in [4.78, 5) is 34.8. The Morgan fingerprint density at radius 2 is 1.96 bits per heavy atom. The Morgan fingerprint density at radius 1 is 1.19 bits per heavy atom. The summed E-state index contributed by atoms with van der Waals surface area (Å²) in [5.41, 5.74) is 4.14. The van der Waals surface area contributed by atoms with E-state index in [4.69, 9.17) is 0 Å². The van der Waals surface area contributed by atoms with Gasteiger partial charge in [-0.3, -0.25) is 4.79 Å². The first-order valence-electron chi connectivity index (χ1n) is 9.26. The van der Waals surface area contributed by atoms with Crippen molar-refractivity contribution in [2.24, 2.45) is 0 Å². The number of hydrogen-bond donors (Lipinski definition) is 2. The first-order chi connectivity index (χ1) is 13.0. The molecule has 0 radical (unpaired) electrons. The third kappa shape index (κ3) is 4.24. The van der Waals surface area contributed by atoms with Gasteiger partial charge in [-0.2, -0.15) is 4.98 Å². The Morgan fingerprint density at radius 3 is 2.70 bits per heavy atom. The first-order valence-corrected chi connectivity index (χ1v) is 9.26. The second-order valence-corrected chi connectivity index (χ2v) is 6.59. The van der Waals surface area contributed by atoms with Crippen LogP contribution in [0.5, 0.6) is 0 Å². The van der Waals surface area contributed by atoms with Crippen LogP contribution >= 0.6 is 0 Å². The predicted molar refractivity (Wildman–Crippen MR) is 105 cm³/mol. The average Bonchev–Trinajstić information content (AvgIpc) is 2.98. The van der Waals surface area contributed by atoms with Gasteiger partial charge in [-0.25, -0.2) is 9.78 Å². The second kappa shape index (κ2) is 8.16. The van der Waals surface area contributed by atoms with Crippen LogP contribution in [-0.2, 0) is 24.2 Å². The van der Waals surface area contributed by atoms with E-state index >= 15 is 0 Å². The van der Waals surface area contributed by atoms with Gasteiger partial charge in [0.25, 0.3) is 0 Å². The minimum Gasteiger partial charge on any atom is -0.356 e. The highest BCUT2D eigenvalue weighted by Crippen LogP contribution is 2.16. The van der Waals surface area contributed by atoms with Crippen molar-refractivity contribution in [3.05, 3.63) is 57.5 Å². The minimum atomic E-state index is -0.350. The highest BCUT2D eigenvalue weighted by Gasteiger charge is 2.11. The lowest BCUT2D eigenvalue weighted by Gasteiger charge is -2.09. The molecule has 0 atom stereocenters. The third-order valence-corrected chi connectivity index (χ3v) is 4.78. The van der Waals surface area contributed by atoms with Gasteiger partial charge >= 0.3 is 5.69 Å². The van der Waals surface area contributed by atoms with E-state index in [1.54, 1.807) is 6.92 Å². The average molecular weight is 367 g/mol. The van der Waals surface area contributed by atoms with Crippen molar-refractivity contribution in [2.75, 3.05) is 6.54 Å². The first kappa shape index (κ1) is 18.8. The van der Waals surface area contributed by atoms with Gasteiger partial charge < -0.3 is 14.9 Å². The van der Waals surface area contributed by atoms with Gasteiger partial charge in [-0.05, 0) is 44.9 Å². The zero-order valence-corrected chi connectivity index (χ0v) is 16.0. The Hall–Kier alpha value is -2.96. The number of amides is 1. The van der Waals surface area contributed by atoms with E-state index < -0.39 is 0 Å². The minimum absolute atomic E-state index is 0.0147. The topological polar surface area (TPSA) is 92.7 Å². The van der Waals surface area contributed by atoms with Crippen LogP contribution in [0.15, 0.2) is 29.1 Å². The van der Waals surface area contributed by atoms with E-state index in [0.29, 0.717) is 31.5 Å². The molecule has 2 N–H and O–H groups in total. The van der Waals surface area contributed by atoms with Crippen molar-refractivity contribution >= 4 is 16.9 Å². The van der Waals surface area contributed by atoms with Crippen molar-refractivity contribution in [1.82, 2.24) is 24.8 Å². The number of benzene rings is 1. The molecule has 7 heteroatoms. The highest BCUT2D eigenvalue weighted by atomic mass is 16.1. The van der Waals surface area contributed by atoms with Gasteiger partial charge in [0, 0.05) is 37.3 Å². The molecule has 0 aliphatic rings. The van der Waals surface area contributed by atoms with Crippen molar-refractivity contribution in [2.45, 2.75) is 46.6 Å². The molecule has 1 amide bonds. The van der Waals surface area contributed by atoms with Gasteiger partial charge in [-0.15, -0.1) is 0 Å². The number of aromatic nitrogens is 4. The van der Waals surface area contributed by atoms with Crippen molar-refractivity contribution < 1.29 is 4.79 Å². The highest BCUT2D eigenvalue weighted by molar-refractivity contribution is 5.77. The van der Waals surface area contributed by atoms with E-state index in [1.807, 2.05) is 25.1 Å². The number of H-pyrrole nitrogens is 1. The molecule has 3 rings (SSSR count). The fourth-order valence-electron chi connectivity index (χ4n) is 3.43. The maximum atomic E-state index is 12.2. The van der Waals surface area contributed by atoms with E-state index in [9.17, 15) is 9.59 Å². The van der Waals surface area contributed by atoms with Crippen molar-refractivity contribution in [3.8, 4) is 0 Å².